The topological polar surface area (TPSA) is 105 Å². The van der Waals surface area contributed by atoms with Crippen LogP contribution in [0.1, 0.15) is 23.2 Å². The first kappa shape index (κ1) is 15.2. The summed E-state index contributed by atoms with van der Waals surface area (Å²) in [4.78, 5) is 16.2. The van der Waals surface area contributed by atoms with Crippen LogP contribution in [0.5, 0.6) is 0 Å². The van der Waals surface area contributed by atoms with E-state index in [-0.39, 0.29) is 17.9 Å². The highest BCUT2D eigenvalue weighted by atomic mass is 32.2. The van der Waals surface area contributed by atoms with Gasteiger partial charge in [-0.1, -0.05) is 0 Å². The van der Waals surface area contributed by atoms with Gasteiger partial charge in [0.05, 0.1) is 11.8 Å². The highest BCUT2D eigenvalue weighted by Gasteiger charge is 2.45. The van der Waals surface area contributed by atoms with Crippen molar-refractivity contribution in [1.29, 1.82) is 0 Å². The second kappa shape index (κ2) is 5.51. The van der Waals surface area contributed by atoms with Gasteiger partial charge >= 0.3 is 0 Å². The minimum Gasteiger partial charge on any atom is -0.384 e. The van der Waals surface area contributed by atoms with Crippen LogP contribution in [-0.2, 0) is 10.0 Å². The highest BCUT2D eigenvalue weighted by Crippen LogP contribution is 2.41. The summed E-state index contributed by atoms with van der Waals surface area (Å²) in [6.07, 6.45) is 4.86. The number of hydrogen-bond donors (Lipinski definition) is 2. The summed E-state index contributed by atoms with van der Waals surface area (Å²) in [7, 11) is -3.23. The Kier molecular flexibility index (Phi) is 3.82. The first-order valence-corrected chi connectivity index (χ1v) is 9.17. The summed E-state index contributed by atoms with van der Waals surface area (Å²) in [6.45, 7) is 0.836. The van der Waals surface area contributed by atoms with E-state index in [1.807, 2.05) is 0 Å². The maximum atomic E-state index is 12.3. The zero-order valence-corrected chi connectivity index (χ0v) is 13.2. The van der Waals surface area contributed by atoms with Gasteiger partial charge in [0, 0.05) is 25.3 Å². The van der Waals surface area contributed by atoms with Gasteiger partial charge in [0.15, 0.2) is 0 Å². The van der Waals surface area contributed by atoms with Gasteiger partial charge in [0.2, 0.25) is 10.0 Å². The third-order valence-corrected chi connectivity index (χ3v) is 5.63. The molecule has 2 aliphatic rings. The third-order valence-electron chi connectivity index (χ3n) is 4.39. The van der Waals surface area contributed by atoms with Crippen LogP contribution < -0.4 is 11.1 Å². The molecule has 0 aromatic carbocycles. The fraction of sp³-hybridized carbons (Fsp3) is 0.571. The van der Waals surface area contributed by atoms with Crippen molar-refractivity contribution in [2.24, 2.45) is 11.8 Å². The summed E-state index contributed by atoms with van der Waals surface area (Å²) in [5, 5.41) is 2.96. The van der Waals surface area contributed by atoms with Gasteiger partial charge in [0.1, 0.15) is 5.82 Å². The zero-order valence-electron chi connectivity index (χ0n) is 12.4. The van der Waals surface area contributed by atoms with Gasteiger partial charge in [-0.05, 0) is 36.8 Å². The van der Waals surface area contributed by atoms with Gasteiger partial charge in [-0.3, -0.25) is 4.79 Å². The van der Waals surface area contributed by atoms with Gasteiger partial charge in [0.25, 0.3) is 5.91 Å². The number of amides is 1. The number of nitrogens with one attached hydrogen (secondary N) is 1. The van der Waals surface area contributed by atoms with E-state index in [1.165, 1.54) is 16.8 Å². The third kappa shape index (κ3) is 3.22. The molecular weight excluding hydrogens is 304 g/mol. The average molecular weight is 324 g/mol. The number of pyridine rings is 1. The Balaban J connectivity index is 1.72. The standard InChI is InChI=1S/C14H20N4O3S/c1-22(20,21)18-7-11(9-2-3-9)12(8-18)17-14(19)10-4-5-13(15)16-6-10/h4-6,9,11-12H,2-3,7-8H2,1H3,(H2,15,16)(H,17,19)/t11-,12+/m0/s1. The number of aromatic nitrogens is 1. The number of anilines is 1. The second-order valence-corrected chi connectivity index (χ2v) is 8.12. The van der Waals surface area contributed by atoms with Crippen LogP contribution in [0.15, 0.2) is 18.3 Å². The lowest BCUT2D eigenvalue weighted by atomic mass is 9.98. The van der Waals surface area contributed by atoms with Crippen molar-refractivity contribution in [2.75, 3.05) is 25.1 Å². The summed E-state index contributed by atoms with van der Waals surface area (Å²) in [5.41, 5.74) is 5.94. The second-order valence-electron chi connectivity index (χ2n) is 6.13. The predicted octanol–water partition coefficient (Wildman–Crippen LogP) is 0.0636. The van der Waals surface area contributed by atoms with Crippen molar-refractivity contribution < 1.29 is 13.2 Å². The molecule has 1 aliphatic heterocycles. The molecule has 0 bridgehead atoms. The molecule has 2 atom stereocenters. The van der Waals surface area contributed by atoms with Crippen LogP contribution >= 0.6 is 0 Å². The van der Waals surface area contributed by atoms with Crippen LogP contribution in [-0.4, -0.2) is 49.0 Å². The fourth-order valence-electron chi connectivity index (χ4n) is 3.01. The van der Waals surface area contributed by atoms with Crippen molar-refractivity contribution in [3.8, 4) is 0 Å². The molecule has 0 spiro atoms. The van der Waals surface area contributed by atoms with E-state index >= 15 is 0 Å². The van der Waals surface area contributed by atoms with Gasteiger partial charge < -0.3 is 11.1 Å². The van der Waals surface area contributed by atoms with E-state index in [1.54, 1.807) is 12.1 Å². The molecule has 1 aromatic rings. The Bertz CT molecular complexity index is 670. The molecule has 1 saturated heterocycles. The van der Waals surface area contributed by atoms with Crippen molar-refractivity contribution in [3.05, 3.63) is 23.9 Å². The number of hydrogen-bond acceptors (Lipinski definition) is 5. The molecule has 120 valence electrons. The number of nitrogen functional groups attached to an aromatic ring is 1. The van der Waals surface area contributed by atoms with Gasteiger partial charge in [-0.25, -0.2) is 13.4 Å². The van der Waals surface area contributed by atoms with Gasteiger partial charge in [-0.15, -0.1) is 0 Å². The van der Waals surface area contributed by atoms with Crippen LogP contribution in [0.25, 0.3) is 0 Å². The normalized spacial score (nSPS) is 26.0. The van der Waals surface area contributed by atoms with E-state index in [0.29, 0.717) is 30.4 Å². The van der Waals surface area contributed by atoms with Crippen molar-refractivity contribution in [1.82, 2.24) is 14.6 Å². The predicted molar refractivity (Wildman–Crippen MR) is 82.5 cm³/mol. The van der Waals surface area contributed by atoms with E-state index < -0.39 is 10.0 Å². The monoisotopic (exact) mass is 324 g/mol. The van der Waals surface area contributed by atoms with Crippen molar-refractivity contribution in [3.63, 3.8) is 0 Å². The van der Waals surface area contributed by atoms with Crippen LogP contribution in [0.2, 0.25) is 0 Å². The van der Waals surface area contributed by atoms with Crippen molar-refractivity contribution >= 4 is 21.7 Å². The maximum Gasteiger partial charge on any atom is 0.253 e. The first-order chi connectivity index (χ1) is 10.3. The molecule has 3 rings (SSSR count). The lowest BCUT2D eigenvalue weighted by Crippen LogP contribution is -2.41. The Hall–Kier alpha value is -1.67. The van der Waals surface area contributed by atoms with E-state index in [2.05, 4.69) is 10.3 Å². The lowest BCUT2D eigenvalue weighted by Gasteiger charge is -2.19. The SMILES string of the molecule is CS(=O)(=O)N1C[C@@H](NC(=O)c2ccc(N)nc2)[C@H](C2CC2)C1. The Labute approximate surface area is 129 Å². The number of nitrogens with zero attached hydrogens (tertiary/aromatic N) is 2. The molecule has 2 heterocycles. The summed E-state index contributed by atoms with van der Waals surface area (Å²) < 4.78 is 25.0. The van der Waals surface area contributed by atoms with Gasteiger partial charge in [-0.2, -0.15) is 4.31 Å². The Morgan fingerprint density at radius 3 is 2.64 bits per heavy atom. The Morgan fingerprint density at radius 1 is 1.36 bits per heavy atom. The number of carbonyl (C=O) groups excluding carboxylic acids is 1. The van der Waals surface area contributed by atoms with E-state index in [0.717, 1.165) is 12.8 Å². The van der Waals surface area contributed by atoms with Crippen LogP contribution in [0.4, 0.5) is 5.82 Å². The molecule has 0 unspecified atom stereocenters. The minimum absolute atomic E-state index is 0.146. The number of rotatable bonds is 4. The quantitative estimate of drug-likeness (QED) is 0.815. The molecule has 22 heavy (non-hydrogen) atoms. The zero-order chi connectivity index (χ0) is 15.9. The molecule has 2 fully saturated rings. The highest BCUT2D eigenvalue weighted by molar-refractivity contribution is 7.88. The summed E-state index contributed by atoms with van der Waals surface area (Å²) >= 11 is 0. The van der Waals surface area contributed by atoms with Crippen LogP contribution in [0.3, 0.4) is 0 Å². The number of nitrogens with two attached hydrogens (primary N) is 1. The lowest BCUT2D eigenvalue weighted by molar-refractivity contribution is 0.0928. The molecule has 3 N–H and O–H groups in total. The molecule has 1 saturated carbocycles. The number of sulfonamides is 1. The first-order valence-electron chi connectivity index (χ1n) is 7.32. The smallest absolute Gasteiger partial charge is 0.253 e. The van der Waals surface area contributed by atoms with Crippen molar-refractivity contribution in [2.45, 2.75) is 18.9 Å². The van der Waals surface area contributed by atoms with E-state index in [9.17, 15) is 13.2 Å². The summed E-state index contributed by atoms with van der Waals surface area (Å²) in [5.74, 6) is 0.831. The largest absolute Gasteiger partial charge is 0.384 e. The van der Waals surface area contributed by atoms with E-state index in [4.69, 9.17) is 5.73 Å². The summed E-state index contributed by atoms with van der Waals surface area (Å²) in [6, 6.07) is 3.05. The molecule has 1 aromatic heterocycles. The molecule has 1 amide bonds. The molecule has 0 radical (unpaired) electrons. The molecule has 8 heteroatoms. The number of carbonyl (C=O) groups is 1. The maximum absolute atomic E-state index is 12.3. The minimum atomic E-state index is -3.23. The molecular formula is C14H20N4O3S. The molecule has 1 aliphatic carbocycles. The average Bonchev–Trinajstić information content (AvgIpc) is 3.19. The Morgan fingerprint density at radius 2 is 2.09 bits per heavy atom. The van der Waals surface area contributed by atoms with Crippen LogP contribution in [0, 0.1) is 11.8 Å². The fourth-order valence-corrected chi connectivity index (χ4v) is 3.88. The molecule has 7 nitrogen and oxygen atoms in total.